The average molecular weight is 628 g/mol. The van der Waals surface area contributed by atoms with Crippen LogP contribution in [0.5, 0.6) is 11.5 Å². The van der Waals surface area contributed by atoms with Crippen LogP contribution in [-0.2, 0) is 21.0 Å². The van der Waals surface area contributed by atoms with Crippen LogP contribution in [-0.4, -0.2) is 31.9 Å². The molecule has 0 aliphatic heterocycles. The van der Waals surface area contributed by atoms with Crippen molar-refractivity contribution < 1.29 is 36.4 Å². The van der Waals surface area contributed by atoms with Gasteiger partial charge in [0.15, 0.2) is 0 Å². The van der Waals surface area contributed by atoms with E-state index >= 15 is 0 Å². The fourth-order valence-corrected chi connectivity index (χ4v) is 4.84. The van der Waals surface area contributed by atoms with Crippen molar-refractivity contribution in [3.63, 3.8) is 0 Å². The van der Waals surface area contributed by atoms with Gasteiger partial charge < -0.3 is 15.3 Å². The first-order valence-electron chi connectivity index (χ1n) is 16.0. The summed E-state index contributed by atoms with van der Waals surface area (Å²) in [4.78, 5) is 8.06. The van der Waals surface area contributed by atoms with E-state index in [4.69, 9.17) is 8.78 Å². The van der Waals surface area contributed by atoms with Gasteiger partial charge in [-0.1, -0.05) is 140 Å². The minimum absolute atomic E-state index is 0.239. The Labute approximate surface area is 268 Å². The number of aliphatic hydroxyl groups excluding tert-OH is 1. The maximum absolute atomic E-state index is 9.31. The van der Waals surface area contributed by atoms with Gasteiger partial charge in [0.2, 0.25) is 0 Å². The van der Waals surface area contributed by atoms with Gasteiger partial charge in [0.05, 0.1) is 0 Å². The summed E-state index contributed by atoms with van der Waals surface area (Å²) in [5, 5.41) is 29.2. The fourth-order valence-electron chi connectivity index (χ4n) is 4.84. The van der Waals surface area contributed by atoms with Crippen molar-refractivity contribution >= 4 is 21.8 Å². The van der Waals surface area contributed by atoms with Crippen LogP contribution in [0.2, 0.25) is 0 Å². The van der Waals surface area contributed by atoms with E-state index in [0.717, 1.165) is 34.6 Å². The van der Waals surface area contributed by atoms with Gasteiger partial charge in [-0.2, -0.15) is 0 Å². The second-order valence-electron chi connectivity index (χ2n) is 10.7. The van der Waals surface area contributed by atoms with Crippen molar-refractivity contribution in [3.8, 4) is 11.5 Å². The van der Waals surface area contributed by atoms with E-state index < -0.39 is 0 Å². The Morgan fingerprint density at radius 3 is 1.16 bits per heavy atom. The molecular formula is C36H52N2O4V. The molecule has 2 aromatic carbocycles. The van der Waals surface area contributed by atoms with E-state index in [0.29, 0.717) is 17.6 Å². The summed E-state index contributed by atoms with van der Waals surface area (Å²) in [6.07, 6.45) is 25.5. The number of hydrogen-bond donors (Lipinski definition) is 3. The number of fused-ring (bicyclic) bond motifs is 2. The van der Waals surface area contributed by atoms with E-state index in [9.17, 15) is 10.2 Å². The van der Waals surface area contributed by atoms with Crippen molar-refractivity contribution in [2.24, 2.45) is 0 Å². The molecular weight excluding hydrogens is 575 g/mol. The van der Waals surface area contributed by atoms with Gasteiger partial charge in [-0.05, 0) is 30.7 Å². The summed E-state index contributed by atoms with van der Waals surface area (Å²) in [5.41, 5.74) is 1.32. The second kappa shape index (κ2) is 26.8. The van der Waals surface area contributed by atoms with E-state index in [-0.39, 0.29) is 11.5 Å². The van der Waals surface area contributed by atoms with Gasteiger partial charge in [0.1, 0.15) is 22.5 Å². The average Bonchev–Trinajstić information content (AvgIpc) is 3.05. The van der Waals surface area contributed by atoms with Crippen molar-refractivity contribution in [2.75, 3.05) is 6.61 Å². The van der Waals surface area contributed by atoms with Crippen molar-refractivity contribution in [2.45, 2.75) is 110 Å². The molecule has 4 rings (SSSR count). The Morgan fingerprint density at radius 1 is 0.512 bits per heavy atom. The quantitative estimate of drug-likeness (QED) is 0.107. The number of para-hydroxylation sites is 2. The Hall–Kier alpha value is -2.80. The Morgan fingerprint density at radius 2 is 0.837 bits per heavy atom. The third-order valence-electron chi connectivity index (χ3n) is 7.23. The summed E-state index contributed by atoms with van der Waals surface area (Å²) >= 11 is 1.06. The van der Waals surface area contributed by atoms with Gasteiger partial charge >= 0.3 is 21.0 Å². The number of aromatic hydroxyl groups is 2. The first-order chi connectivity index (χ1) is 21.2. The number of unbranched alkanes of at least 4 members (excludes halogenated alkanes) is 15. The van der Waals surface area contributed by atoms with Crippen molar-refractivity contribution in [1.82, 2.24) is 9.97 Å². The summed E-state index contributed by atoms with van der Waals surface area (Å²) in [6, 6.07) is 18.3. The summed E-state index contributed by atoms with van der Waals surface area (Å²) in [5.74, 6) is 0.478. The van der Waals surface area contributed by atoms with E-state index in [1.807, 2.05) is 36.4 Å². The summed E-state index contributed by atoms with van der Waals surface area (Å²) in [7, 11) is 0. The van der Waals surface area contributed by atoms with Crippen LogP contribution in [0, 0.1) is 0 Å². The van der Waals surface area contributed by atoms with Gasteiger partial charge in [0.25, 0.3) is 0 Å². The Balaban J connectivity index is 0.000000328. The number of nitrogens with zero attached hydrogens (tertiary/aromatic N) is 2. The molecule has 0 aliphatic rings. The monoisotopic (exact) mass is 627 g/mol. The molecule has 0 bridgehead atoms. The molecule has 0 saturated carbocycles. The number of benzene rings is 2. The molecule has 0 atom stereocenters. The molecule has 235 valence electrons. The van der Waals surface area contributed by atoms with Crippen LogP contribution < -0.4 is 0 Å². The molecule has 7 heteroatoms. The van der Waals surface area contributed by atoms with E-state index in [2.05, 4.69) is 16.9 Å². The molecule has 0 aliphatic carbocycles. The van der Waals surface area contributed by atoms with E-state index in [1.165, 1.54) is 96.3 Å². The second-order valence-corrected chi connectivity index (χ2v) is 10.7. The third kappa shape index (κ3) is 17.8. The molecule has 0 amide bonds. The molecule has 2 aromatic heterocycles. The van der Waals surface area contributed by atoms with Crippen LogP contribution in [0.1, 0.15) is 110 Å². The molecule has 6 nitrogen and oxygen atoms in total. The molecule has 43 heavy (non-hydrogen) atoms. The first kappa shape index (κ1) is 38.2. The predicted octanol–water partition coefficient (Wildman–Crippen LogP) is 10.00. The zero-order valence-electron chi connectivity index (χ0n) is 26.0. The minimum atomic E-state index is 0.239. The number of phenols is 2. The van der Waals surface area contributed by atoms with Crippen molar-refractivity contribution in [1.29, 1.82) is 0 Å². The zero-order valence-corrected chi connectivity index (χ0v) is 27.4. The topological polar surface area (TPSA) is 104 Å². The van der Waals surface area contributed by atoms with Gasteiger partial charge in [-0.15, -0.1) is 0 Å². The number of phenolic OH excluding ortho intramolecular Hbond substituents is 2. The molecule has 0 unspecified atom stereocenters. The van der Waals surface area contributed by atoms with Crippen LogP contribution in [0.3, 0.4) is 0 Å². The number of pyridine rings is 2. The molecule has 0 fully saturated rings. The molecule has 0 radical (unpaired) electrons. The van der Waals surface area contributed by atoms with Crippen LogP contribution in [0.25, 0.3) is 21.8 Å². The number of hydrogen-bond acceptors (Lipinski definition) is 6. The third-order valence-corrected chi connectivity index (χ3v) is 7.23. The molecule has 3 N–H and O–H groups in total. The summed E-state index contributed by atoms with van der Waals surface area (Å²) < 4.78 is 8.19. The SMILES string of the molecule is CCCCCCCCCCCCCCCCCCO.Oc1cccc2cccnc12.Oc1cccc2cccnc12.[O]=[V]. The van der Waals surface area contributed by atoms with Crippen LogP contribution >= 0.6 is 0 Å². The van der Waals surface area contributed by atoms with Crippen LogP contribution in [0.15, 0.2) is 73.1 Å². The Bertz CT molecular complexity index is 1120. The maximum atomic E-state index is 9.31. The number of rotatable bonds is 16. The molecule has 2 heterocycles. The van der Waals surface area contributed by atoms with Crippen molar-refractivity contribution in [3.05, 3.63) is 73.1 Å². The summed E-state index contributed by atoms with van der Waals surface area (Å²) in [6.45, 7) is 2.66. The molecule has 4 aromatic rings. The zero-order chi connectivity index (χ0) is 31.4. The number of aromatic nitrogens is 2. The predicted molar refractivity (Wildman–Crippen MR) is 174 cm³/mol. The Kier molecular flexibility index (Phi) is 23.8. The standard InChI is InChI=1S/C18H38O.2C9H7NO.O.V/c1-2-3-4-5-6-7-8-9-10-11-12-13-14-15-16-17-18-19;2*11-8-5-1-3-7-4-2-6-10-9(7)8;;/h19H,2-18H2,1H3;2*1-6,11H;;. The molecule has 0 spiro atoms. The normalized spacial score (nSPS) is 10.2. The first-order valence-corrected chi connectivity index (χ1v) is 16.6. The van der Waals surface area contributed by atoms with Crippen LogP contribution in [0.4, 0.5) is 0 Å². The molecule has 0 saturated heterocycles. The van der Waals surface area contributed by atoms with Gasteiger partial charge in [-0.3, -0.25) is 9.97 Å². The van der Waals surface area contributed by atoms with Gasteiger partial charge in [-0.25, -0.2) is 0 Å². The van der Waals surface area contributed by atoms with E-state index in [1.54, 1.807) is 36.7 Å². The fraction of sp³-hybridized carbons (Fsp3) is 0.500. The van der Waals surface area contributed by atoms with Gasteiger partial charge in [0, 0.05) is 29.8 Å². The number of aliphatic hydroxyl groups is 1.